The SMILES string of the molecule is CSC(SC)=C1CC1. The van der Waals surface area contributed by atoms with Crippen molar-refractivity contribution in [2.24, 2.45) is 0 Å². The van der Waals surface area contributed by atoms with Crippen molar-refractivity contribution in [2.45, 2.75) is 12.8 Å². The molecule has 1 saturated carbocycles. The van der Waals surface area contributed by atoms with Gasteiger partial charge in [0.05, 0.1) is 0 Å². The van der Waals surface area contributed by atoms with E-state index in [0.717, 1.165) is 0 Å². The first-order valence-corrected chi connectivity index (χ1v) is 5.13. The molecular formula is C6H10S2. The number of thioether (sulfide) groups is 2. The molecule has 2 heteroatoms. The van der Waals surface area contributed by atoms with E-state index in [4.69, 9.17) is 0 Å². The average molecular weight is 146 g/mol. The summed E-state index contributed by atoms with van der Waals surface area (Å²) in [4.78, 5) is 0. The predicted molar refractivity (Wildman–Crippen MR) is 43.3 cm³/mol. The lowest BCUT2D eigenvalue weighted by atomic mass is 10.7. The second-order valence-corrected chi connectivity index (χ2v) is 3.69. The summed E-state index contributed by atoms with van der Waals surface area (Å²) in [5.74, 6) is 0. The lowest BCUT2D eigenvalue weighted by Gasteiger charge is -1.93. The summed E-state index contributed by atoms with van der Waals surface area (Å²) in [6.45, 7) is 0. The van der Waals surface area contributed by atoms with E-state index in [9.17, 15) is 0 Å². The highest BCUT2D eigenvalue weighted by Gasteiger charge is 2.15. The Morgan fingerprint density at radius 1 is 1.25 bits per heavy atom. The van der Waals surface area contributed by atoms with Crippen molar-refractivity contribution in [1.29, 1.82) is 0 Å². The molecule has 0 bridgehead atoms. The first-order chi connectivity index (χ1) is 3.88. The summed E-state index contributed by atoms with van der Waals surface area (Å²) in [5, 5.41) is 0. The Balaban J connectivity index is 2.49. The van der Waals surface area contributed by atoms with Crippen LogP contribution in [0, 0.1) is 0 Å². The second-order valence-electron chi connectivity index (χ2n) is 1.80. The van der Waals surface area contributed by atoms with Gasteiger partial charge >= 0.3 is 0 Å². The summed E-state index contributed by atoms with van der Waals surface area (Å²) < 4.78 is 1.55. The van der Waals surface area contributed by atoms with Crippen LogP contribution in [-0.2, 0) is 0 Å². The van der Waals surface area contributed by atoms with Gasteiger partial charge in [-0.1, -0.05) is 0 Å². The maximum absolute atomic E-state index is 2.15. The van der Waals surface area contributed by atoms with Gasteiger partial charge in [0.1, 0.15) is 0 Å². The van der Waals surface area contributed by atoms with Gasteiger partial charge in [-0.3, -0.25) is 0 Å². The Morgan fingerprint density at radius 2 is 1.75 bits per heavy atom. The minimum Gasteiger partial charge on any atom is -0.123 e. The smallest absolute Gasteiger partial charge is 0.0387 e. The van der Waals surface area contributed by atoms with E-state index in [2.05, 4.69) is 12.5 Å². The minimum absolute atomic E-state index is 1.36. The van der Waals surface area contributed by atoms with Crippen molar-refractivity contribution in [2.75, 3.05) is 12.5 Å². The molecule has 8 heavy (non-hydrogen) atoms. The molecule has 0 N–H and O–H groups in total. The molecule has 1 aliphatic carbocycles. The standard InChI is InChI=1S/C6H10S2/c1-7-6(8-2)5-3-4-5/h3-4H2,1-2H3. The second kappa shape index (κ2) is 2.83. The van der Waals surface area contributed by atoms with Gasteiger partial charge in [0, 0.05) is 4.24 Å². The minimum atomic E-state index is 1.36. The summed E-state index contributed by atoms with van der Waals surface area (Å²) in [7, 11) is 0. The van der Waals surface area contributed by atoms with Crippen LogP contribution in [0.15, 0.2) is 9.81 Å². The third kappa shape index (κ3) is 1.46. The van der Waals surface area contributed by atoms with Crippen LogP contribution < -0.4 is 0 Å². The Bertz CT molecular complexity index is 104. The Hall–Kier alpha value is 0.440. The van der Waals surface area contributed by atoms with Gasteiger partial charge in [-0.25, -0.2) is 0 Å². The molecule has 0 spiro atoms. The fourth-order valence-electron chi connectivity index (χ4n) is 0.639. The highest BCUT2D eigenvalue weighted by atomic mass is 32.2. The van der Waals surface area contributed by atoms with Gasteiger partial charge in [-0.05, 0) is 30.9 Å². The molecule has 0 aromatic rings. The predicted octanol–water partition coefficient (Wildman–Crippen LogP) is 2.72. The number of rotatable bonds is 2. The third-order valence-electron chi connectivity index (χ3n) is 1.16. The van der Waals surface area contributed by atoms with Crippen LogP contribution in [-0.4, -0.2) is 12.5 Å². The van der Waals surface area contributed by atoms with E-state index in [1.54, 1.807) is 9.81 Å². The summed E-state index contributed by atoms with van der Waals surface area (Å²) in [5.41, 5.74) is 1.67. The van der Waals surface area contributed by atoms with Gasteiger partial charge in [0.25, 0.3) is 0 Å². The molecule has 0 aromatic heterocycles. The van der Waals surface area contributed by atoms with Gasteiger partial charge in [0.2, 0.25) is 0 Å². The maximum Gasteiger partial charge on any atom is 0.0387 e. The van der Waals surface area contributed by atoms with Gasteiger partial charge in [-0.2, -0.15) is 0 Å². The fourth-order valence-corrected chi connectivity index (χ4v) is 2.29. The van der Waals surface area contributed by atoms with Crippen LogP contribution >= 0.6 is 23.5 Å². The Labute approximate surface area is 59.1 Å². The van der Waals surface area contributed by atoms with Crippen molar-refractivity contribution in [3.8, 4) is 0 Å². The molecule has 0 unspecified atom stereocenters. The van der Waals surface area contributed by atoms with E-state index >= 15 is 0 Å². The van der Waals surface area contributed by atoms with Gasteiger partial charge in [-0.15, -0.1) is 23.5 Å². The summed E-state index contributed by atoms with van der Waals surface area (Å²) >= 11 is 3.77. The highest BCUT2D eigenvalue weighted by molar-refractivity contribution is 8.21. The van der Waals surface area contributed by atoms with Crippen LogP contribution in [0.1, 0.15) is 12.8 Å². The largest absolute Gasteiger partial charge is 0.123 e. The van der Waals surface area contributed by atoms with E-state index in [1.165, 1.54) is 12.8 Å². The van der Waals surface area contributed by atoms with Crippen LogP contribution in [0.2, 0.25) is 0 Å². The molecule has 46 valence electrons. The van der Waals surface area contributed by atoms with Crippen molar-refractivity contribution in [3.63, 3.8) is 0 Å². The maximum atomic E-state index is 2.15. The topological polar surface area (TPSA) is 0 Å². The van der Waals surface area contributed by atoms with Gasteiger partial charge < -0.3 is 0 Å². The number of hydrogen-bond donors (Lipinski definition) is 0. The zero-order chi connectivity index (χ0) is 5.98. The van der Waals surface area contributed by atoms with E-state index in [0.29, 0.717) is 0 Å². The molecule has 0 aromatic carbocycles. The van der Waals surface area contributed by atoms with Crippen molar-refractivity contribution in [1.82, 2.24) is 0 Å². The molecule has 0 saturated heterocycles. The molecule has 0 nitrogen and oxygen atoms in total. The van der Waals surface area contributed by atoms with Crippen molar-refractivity contribution >= 4 is 23.5 Å². The fraction of sp³-hybridized carbons (Fsp3) is 0.667. The van der Waals surface area contributed by atoms with Crippen molar-refractivity contribution in [3.05, 3.63) is 9.81 Å². The monoisotopic (exact) mass is 146 g/mol. The molecule has 0 heterocycles. The zero-order valence-corrected chi connectivity index (χ0v) is 6.86. The molecule has 1 aliphatic rings. The number of hydrogen-bond acceptors (Lipinski definition) is 2. The molecule has 0 amide bonds. The van der Waals surface area contributed by atoms with E-state index in [1.807, 2.05) is 23.5 Å². The molecule has 1 fully saturated rings. The molecule has 1 rings (SSSR count). The molecule has 0 atom stereocenters. The normalized spacial score (nSPS) is 16.5. The average Bonchev–Trinajstić information content (AvgIpc) is 2.53. The van der Waals surface area contributed by atoms with Crippen LogP contribution in [0.5, 0.6) is 0 Å². The third-order valence-corrected chi connectivity index (χ3v) is 3.48. The van der Waals surface area contributed by atoms with Crippen LogP contribution in [0.4, 0.5) is 0 Å². The van der Waals surface area contributed by atoms with Crippen molar-refractivity contribution < 1.29 is 0 Å². The lowest BCUT2D eigenvalue weighted by Crippen LogP contribution is -1.61. The first-order valence-electron chi connectivity index (χ1n) is 2.68. The quantitative estimate of drug-likeness (QED) is 0.587. The van der Waals surface area contributed by atoms with Crippen LogP contribution in [0.3, 0.4) is 0 Å². The molecule has 0 radical (unpaired) electrons. The molecule has 0 aliphatic heterocycles. The lowest BCUT2D eigenvalue weighted by molar-refractivity contribution is 1.50. The van der Waals surface area contributed by atoms with Gasteiger partial charge in [0.15, 0.2) is 0 Å². The highest BCUT2D eigenvalue weighted by Crippen LogP contribution is 2.40. The summed E-state index contributed by atoms with van der Waals surface area (Å²) in [6.07, 6.45) is 7.02. The summed E-state index contributed by atoms with van der Waals surface area (Å²) in [6, 6.07) is 0. The zero-order valence-electron chi connectivity index (χ0n) is 5.23. The van der Waals surface area contributed by atoms with E-state index in [-0.39, 0.29) is 0 Å². The Kier molecular flexibility index (Phi) is 2.32. The number of allylic oxidation sites excluding steroid dienone is 1. The molecular weight excluding hydrogens is 136 g/mol. The van der Waals surface area contributed by atoms with E-state index < -0.39 is 0 Å². The Morgan fingerprint density at radius 3 is 1.88 bits per heavy atom. The van der Waals surface area contributed by atoms with Crippen LogP contribution in [0.25, 0.3) is 0 Å². The first kappa shape index (κ1) is 6.56.